The van der Waals surface area contributed by atoms with E-state index in [-0.39, 0.29) is 29.7 Å². The Bertz CT molecular complexity index is 1220. The minimum atomic E-state index is -0.514. The zero-order valence-electron chi connectivity index (χ0n) is 18.7. The molecule has 0 unspecified atom stereocenters. The molecule has 0 atom stereocenters. The van der Waals surface area contributed by atoms with Crippen LogP contribution in [0.25, 0.3) is 0 Å². The van der Waals surface area contributed by atoms with Gasteiger partial charge in [0.2, 0.25) is 0 Å². The van der Waals surface area contributed by atoms with E-state index in [0.29, 0.717) is 12.1 Å². The van der Waals surface area contributed by atoms with Crippen LogP contribution >= 0.6 is 11.6 Å². The third kappa shape index (κ3) is 4.87. The number of nitrogens with one attached hydrogen (secondary N) is 1. The fourth-order valence-corrected chi connectivity index (χ4v) is 4.02. The smallest absolute Gasteiger partial charge is 0.278 e. The van der Waals surface area contributed by atoms with Crippen molar-refractivity contribution in [1.29, 1.82) is 0 Å². The summed E-state index contributed by atoms with van der Waals surface area (Å²) >= 11 is 6.18. The Labute approximate surface area is 203 Å². The second kappa shape index (κ2) is 10.4. The van der Waals surface area contributed by atoms with Gasteiger partial charge in [0.05, 0.1) is 6.54 Å². The van der Waals surface area contributed by atoms with Crippen LogP contribution in [0.1, 0.15) is 28.4 Å². The molecule has 0 saturated carbocycles. The van der Waals surface area contributed by atoms with Crippen molar-refractivity contribution < 1.29 is 14.4 Å². The van der Waals surface area contributed by atoms with Crippen molar-refractivity contribution in [2.24, 2.45) is 0 Å². The molecule has 1 heterocycles. The fraction of sp³-hybridized carbons (Fsp3) is 0.148. The molecule has 172 valence electrons. The molecular weight excluding hydrogens is 450 g/mol. The number of imide groups is 1. The summed E-state index contributed by atoms with van der Waals surface area (Å²) in [6, 6.07) is 25.9. The molecule has 0 aromatic heterocycles. The summed E-state index contributed by atoms with van der Waals surface area (Å²) in [4.78, 5) is 41.1. The van der Waals surface area contributed by atoms with Gasteiger partial charge in [-0.05, 0) is 42.3 Å². The number of hydrogen-bond acceptors (Lipinski definition) is 4. The number of halogens is 1. The highest BCUT2D eigenvalue weighted by molar-refractivity contribution is 6.47. The molecule has 6 nitrogen and oxygen atoms in total. The molecule has 1 N–H and O–H groups in total. The van der Waals surface area contributed by atoms with E-state index in [2.05, 4.69) is 5.32 Å². The number of rotatable bonds is 8. The van der Waals surface area contributed by atoms with Crippen LogP contribution in [0.3, 0.4) is 0 Å². The van der Waals surface area contributed by atoms with Crippen LogP contribution in [-0.2, 0) is 22.7 Å². The number of carbonyl (C=O) groups excluding carboxylic acids is 3. The summed E-state index contributed by atoms with van der Waals surface area (Å²) in [6.45, 7) is 2.93. The van der Waals surface area contributed by atoms with Crippen LogP contribution in [0, 0.1) is 0 Å². The van der Waals surface area contributed by atoms with E-state index in [0.717, 1.165) is 21.7 Å². The van der Waals surface area contributed by atoms with Crippen LogP contribution in [0.15, 0.2) is 95.7 Å². The fourth-order valence-electron chi connectivity index (χ4n) is 3.77. The normalized spacial score (nSPS) is 13.4. The first-order chi connectivity index (χ1) is 16.5. The number of para-hydroxylation sites is 1. The maximum absolute atomic E-state index is 13.0. The van der Waals surface area contributed by atoms with Crippen molar-refractivity contribution in [3.8, 4) is 0 Å². The van der Waals surface area contributed by atoms with Crippen molar-refractivity contribution >= 4 is 35.0 Å². The Morgan fingerprint density at radius 1 is 0.853 bits per heavy atom. The third-order valence-electron chi connectivity index (χ3n) is 5.59. The molecular formula is C27H24ClN3O3. The summed E-state index contributed by atoms with van der Waals surface area (Å²) in [5, 5.41) is 2.88. The molecule has 0 saturated heterocycles. The topological polar surface area (TPSA) is 69.7 Å². The van der Waals surface area contributed by atoms with Gasteiger partial charge in [-0.1, -0.05) is 72.3 Å². The minimum Gasteiger partial charge on any atom is -0.375 e. The molecule has 0 spiro atoms. The van der Waals surface area contributed by atoms with Crippen molar-refractivity contribution in [2.75, 3.05) is 11.4 Å². The van der Waals surface area contributed by atoms with Gasteiger partial charge in [-0.3, -0.25) is 19.3 Å². The number of hydrogen-bond donors (Lipinski definition) is 1. The molecule has 0 fully saturated rings. The number of carbonyl (C=O) groups is 3. The second-order valence-corrected chi connectivity index (χ2v) is 8.18. The van der Waals surface area contributed by atoms with Gasteiger partial charge in [-0.25, -0.2) is 0 Å². The average molecular weight is 474 g/mol. The zero-order valence-corrected chi connectivity index (χ0v) is 19.5. The summed E-state index contributed by atoms with van der Waals surface area (Å²) in [6.07, 6.45) is 0. The molecule has 0 radical (unpaired) electrons. The predicted molar refractivity (Wildman–Crippen MR) is 132 cm³/mol. The van der Waals surface area contributed by atoms with E-state index < -0.39 is 11.8 Å². The van der Waals surface area contributed by atoms with E-state index in [1.54, 1.807) is 17.0 Å². The van der Waals surface area contributed by atoms with Crippen molar-refractivity contribution in [2.45, 2.75) is 20.0 Å². The lowest BCUT2D eigenvalue weighted by molar-refractivity contribution is -0.138. The summed E-state index contributed by atoms with van der Waals surface area (Å²) in [5.74, 6) is -1.06. The number of benzene rings is 3. The summed E-state index contributed by atoms with van der Waals surface area (Å²) in [7, 11) is 0. The molecule has 3 aromatic rings. The number of amides is 3. The van der Waals surface area contributed by atoms with Crippen LogP contribution in [0.4, 0.5) is 5.69 Å². The highest BCUT2D eigenvalue weighted by atomic mass is 35.5. The van der Waals surface area contributed by atoms with E-state index in [4.69, 9.17) is 11.6 Å². The largest absolute Gasteiger partial charge is 0.375 e. The Morgan fingerprint density at radius 2 is 1.47 bits per heavy atom. The van der Waals surface area contributed by atoms with Gasteiger partial charge in [0, 0.05) is 24.3 Å². The first kappa shape index (κ1) is 23.3. The van der Waals surface area contributed by atoms with E-state index in [1.165, 1.54) is 0 Å². The van der Waals surface area contributed by atoms with E-state index in [1.807, 2.05) is 79.7 Å². The highest BCUT2D eigenvalue weighted by Gasteiger charge is 2.37. The highest BCUT2D eigenvalue weighted by Crippen LogP contribution is 2.24. The van der Waals surface area contributed by atoms with Gasteiger partial charge in [-0.15, -0.1) is 0 Å². The minimum absolute atomic E-state index is 0.0870. The Kier molecular flexibility index (Phi) is 7.09. The van der Waals surface area contributed by atoms with Gasteiger partial charge in [-0.2, -0.15) is 0 Å². The Balaban J connectivity index is 1.40. The zero-order chi connectivity index (χ0) is 24.1. The molecule has 3 amide bonds. The molecule has 1 aliphatic heterocycles. The van der Waals surface area contributed by atoms with Crippen molar-refractivity contribution in [3.63, 3.8) is 0 Å². The van der Waals surface area contributed by atoms with Gasteiger partial charge in [0.25, 0.3) is 17.7 Å². The van der Waals surface area contributed by atoms with Crippen molar-refractivity contribution in [3.05, 3.63) is 112 Å². The van der Waals surface area contributed by atoms with Crippen LogP contribution in [0.2, 0.25) is 0 Å². The Hall–Kier alpha value is -3.90. The Morgan fingerprint density at radius 3 is 2.09 bits per heavy atom. The lowest BCUT2D eigenvalue weighted by Gasteiger charge is -2.21. The molecule has 0 bridgehead atoms. The van der Waals surface area contributed by atoms with Crippen LogP contribution < -0.4 is 10.2 Å². The van der Waals surface area contributed by atoms with Crippen LogP contribution in [0.5, 0.6) is 0 Å². The molecule has 7 heteroatoms. The number of anilines is 1. The van der Waals surface area contributed by atoms with Gasteiger partial charge < -0.3 is 10.2 Å². The molecule has 0 aliphatic carbocycles. The quantitative estimate of drug-likeness (QED) is 0.490. The maximum atomic E-state index is 13.0. The summed E-state index contributed by atoms with van der Waals surface area (Å²) < 4.78 is 0. The third-order valence-corrected chi connectivity index (χ3v) is 5.95. The lowest BCUT2D eigenvalue weighted by atomic mass is 10.1. The first-order valence-electron chi connectivity index (χ1n) is 11.0. The lowest BCUT2D eigenvalue weighted by Crippen LogP contribution is -2.33. The van der Waals surface area contributed by atoms with Crippen LogP contribution in [-0.4, -0.2) is 29.2 Å². The molecule has 4 rings (SSSR count). The summed E-state index contributed by atoms with van der Waals surface area (Å²) in [5.41, 5.74) is 3.17. The van der Waals surface area contributed by atoms with E-state index in [9.17, 15) is 14.4 Å². The standard InChI is InChI=1S/C27H24ClN3O3/c1-2-30(22-11-7-4-8-12-22)25(32)21-15-13-19(14-16-21)17-29-24-23(28)26(33)31(27(24)34)18-20-9-5-3-6-10-20/h3-16,29H,2,17-18H2,1H3. The monoisotopic (exact) mass is 473 g/mol. The van der Waals surface area contributed by atoms with E-state index >= 15 is 0 Å². The molecule has 3 aromatic carbocycles. The van der Waals surface area contributed by atoms with Crippen molar-refractivity contribution in [1.82, 2.24) is 10.2 Å². The first-order valence-corrected chi connectivity index (χ1v) is 11.4. The second-order valence-electron chi connectivity index (χ2n) is 7.81. The SMILES string of the molecule is CCN(C(=O)c1ccc(CNC2=C(Cl)C(=O)N(Cc3ccccc3)C2=O)cc1)c1ccccc1. The predicted octanol–water partition coefficient (Wildman–Crippen LogP) is 4.46. The molecule has 34 heavy (non-hydrogen) atoms. The molecule has 1 aliphatic rings. The van der Waals surface area contributed by atoms with Gasteiger partial charge >= 0.3 is 0 Å². The average Bonchev–Trinajstić information content (AvgIpc) is 3.07. The number of nitrogens with zero attached hydrogens (tertiary/aromatic N) is 2. The van der Waals surface area contributed by atoms with Gasteiger partial charge in [0.15, 0.2) is 0 Å². The maximum Gasteiger partial charge on any atom is 0.278 e. The van der Waals surface area contributed by atoms with Gasteiger partial charge in [0.1, 0.15) is 10.7 Å².